The van der Waals surface area contributed by atoms with Crippen LogP contribution in [-0.2, 0) is 4.79 Å². The van der Waals surface area contributed by atoms with Crippen molar-refractivity contribution < 1.29 is 4.79 Å². The van der Waals surface area contributed by atoms with Crippen LogP contribution in [-0.4, -0.2) is 31.1 Å². The highest BCUT2D eigenvalue weighted by atomic mass is 16.1. The molecule has 5 heteroatoms. The first-order valence-electron chi connectivity index (χ1n) is 9.23. The molecular formula is C19H30N4O. The summed E-state index contributed by atoms with van der Waals surface area (Å²) in [6.45, 7) is 6.02. The van der Waals surface area contributed by atoms with Crippen molar-refractivity contribution in [1.82, 2.24) is 16.2 Å². The summed E-state index contributed by atoms with van der Waals surface area (Å²) in [4.78, 5) is 12.7. The Morgan fingerprint density at radius 3 is 2.79 bits per heavy atom. The number of amides is 1. The summed E-state index contributed by atoms with van der Waals surface area (Å²) in [5, 5.41) is 6.74. The van der Waals surface area contributed by atoms with Crippen LogP contribution in [0.1, 0.15) is 33.1 Å². The van der Waals surface area contributed by atoms with Gasteiger partial charge in [0.05, 0.1) is 5.92 Å². The van der Waals surface area contributed by atoms with Gasteiger partial charge in [-0.15, -0.1) is 0 Å². The quantitative estimate of drug-likeness (QED) is 0.645. The van der Waals surface area contributed by atoms with Crippen LogP contribution in [0.4, 0.5) is 5.69 Å². The van der Waals surface area contributed by atoms with Crippen LogP contribution < -0.4 is 21.5 Å². The summed E-state index contributed by atoms with van der Waals surface area (Å²) in [5.74, 6) is 1.32. The summed E-state index contributed by atoms with van der Waals surface area (Å²) >= 11 is 0. The Hall–Kier alpha value is -1.59. The molecule has 1 aromatic carbocycles. The lowest BCUT2D eigenvalue weighted by molar-refractivity contribution is -0.127. The third-order valence-electron chi connectivity index (χ3n) is 5.43. The lowest BCUT2D eigenvalue weighted by Gasteiger charge is -2.32. The van der Waals surface area contributed by atoms with Gasteiger partial charge in [0, 0.05) is 30.9 Å². The molecule has 24 heavy (non-hydrogen) atoms. The average molecular weight is 330 g/mol. The smallest absolute Gasteiger partial charge is 0.224 e. The Kier molecular flexibility index (Phi) is 5.74. The van der Waals surface area contributed by atoms with E-state index in [0.717, 1.165) is 25.1 Å². The van der Waals surface area contributed by atoms with Crippen molar-refractivity contribution in [1.29, 1.82) is 0 Å². The van der Waals surface area contributed by atoms with Crippen molar-refractivity contribution in [3.05, 3.63) is 30.3 Å². The first-order valence-corrected chi connectivity index (χ1v) is 9.23. The molecule has 1 aliphatic carbocycles. The number of carbonyl (C=O) groups excluding carboxylic acids is 1. The molecule has 5 nitrogen and oxygen atoms in total. The number of benzene rings is 1. The maximum absolute atomic E-state index is 12.7. The second-order valence-corrected chi connectivity index (χ2v) is 7.45. The van der Waals surface area contributed by atoms with Crippen molar-refractivity contribution in [2.24, 2.45) is 17.8 Å². The number of nitrogens with one attached hydrogen (secondary N) is 4. The van der Waals surface area contributed by atoms with E-state index in [0.29, 0.717) is 24.4 Å². The van der Waals surface area contributed by atoms with Crippen molar-refractivity contribution in [3.8, 4) is 0 Å². The van der Waals surface area contributed by atoms with Crippen molar-refractivity contribution >= 4 is 11.6 Å². The maximum atomic E-state index is 12.7. The van der Waals surface area contributed by atoms with Crippen LogP contribution in [0.2, 0.25) is 0 Å². The van der Waals surface area contributed by atoms with Crippen LogP contribution in [0.5, 0.6) is 0 Å². The zero-order valence-electron chi connectivity index (χ0n) is 14.7. The molecule has 0 spiro atoms. The predicted octanol–water partition coefficient (Wildman–Crippen LogP) is 2.13. The summed E-state index contributed by atoms with van der Waals surface area (Å²) in [6.07, 6.45) is 3.36. The molecule has 1 saturated carbocycles. The second kappa shape index (κ2) is 7.99. The third kappa shape index (κ3) is 4.08. The Balaban J connectivity index is 1.55. The van der Waals surface area contributed by atoms with E-state index in [1.54, 1.807) is 0 Å². The highest BCUT2D eigenvalue weighted by Crippen LogP contribution is 2.31. The van der Waals surface area contributed by atoms with E-state index >= 15 is 0 Å². The average Bonchev–Trinajstić information content (AvgIpc) is 3.07. The van der Waals surface area contributed by atoms with Crippen LogP contribution in [0, 0.1) is 17.8 Å². The van der Waals surface area contributed by atoms with Gasteiger partial charge in [-0.05, 0) is 36.8 Å². The van der Waals surface area contributed by atoms with Crippen LogP contribution in [0.15, 0.2) is 30.3 Å². The number of hydrogen-bond donors (Lipinski definition) is 4. The third-order valence-corrected chi connectivity index (χ3v) is 5.43. The predicted molar refractivity (Wildman–Crippen MR) is 97.5 cm³/mol. The highest BCUT2D eigenvalue weighted by Gasteiger charge is 2.40. The summed E-state index contributed by atoms with van der Waals surface area (Å²) in [6, 6.07) is 10.7. The van der Waals surface area contributed by atoms with Crippen LogP contribution >= 0.6 is 0 Å². The molecule has 1 heterocycles. The van der Waals surface area contributed by atoms with E-state index in [2.05, 4.69) is 47.5 Å². The molecule has 4 N–H and O–H groups in total. The first kappa shape index (κ1) is 17.2. The van der Waals surface area contributed by atoms with E-state index in [-0.39, 0.29) is 17.9 Å². The molecule has 1 aromatic rings. The monoisotopic (exact) mass is 330 g/mol. The Labute approximate surface area is 144 Å². The summed E-state index contributed by atoms with van der Waals surface area (Å²) in [7, 11) is 0. The normalized spacial score (nSPS) is 27.5. The molecule has 1 saturated heterocycles. The molecule has 1 aliphatic heterocycles. The van der Waals surface area contributed by atoms with Gasteiger partial charge in [0.2, 0.25) is 5.91 Å². The zero-order valence-corrected chi connectivity index (χ0v) is 14.7. The van der Waals surface area contributed by atoms with Crippen molar-refractivity contribution in [2.45, 2.75) is 45.2 Å². The van der Waals surface area contributed by atoms with Gasteiger partial charge >= 0.3 is 0 Å². The minimum Gasteiger partial charge on any atom is -0.380 e. The van der Waals surface area contributed by atoms with Gasteiger partial charge in [-0.25, -0.2) is 0 Å². The molecule has 0 radical (unpaired) electrons. The van der Waals surface area contributed by atoms with E-state index in [1.807, 2.05) is 18.2 Å². The topological polar surface area (TPSA) is 65.2 Å². The maximum Gasteiger partial charge on any atom is 0.224 e. The molecule has 4 unspecified atom stereocenters. The van der Waals surface area contributed by atoms with Gasteiger partial charge in [-0.2, -0.15) is 0 Å². The Morgan fingerprint density at radius 2 is 2.04 bits per heavy atom. The van der Waals surface area contributed by atoms with Crippen LogP contribution in [0.25, 0.3) is 0 Å². The minimum absolute atomic E-state index is 0.0864. The number of rotatable bonds is 6. The number of anilines is 1. The molecule has 3 rings (SSSR count). The lowest BCUT2D eigenvalue weighted by atomic mass is 9.77. The van der Waals surface area contributed by atoms with Gasteiger partial charge in [0.25, 0.3) is 0 Å². The minimum atomic E-state index is 0.0864. The van der Waals surface area contributed by atoms with Gasteiger partial charge in [0.15, 0.2) is 0 Å². The molecule has 2 aliphatic rings. The van der Waals surface area contributed by atoms with E-state index in [1.165, 1.54) is 6.42 Å². The fourth-order valence-electron chi connectivity index (χ4n) is 3.88. The molecule has 4 atom stereocenters. The van der Waals surface area contributed by atoms with E-state index in [9.17, 15) is 4.79 Å². The van der Waals surface area contributed by atoms with E-state index < -0.39 is 0 Å². The van der Waals surface area contributed by atoms with Gasteiger partial charge in [-0.3, -0.25) is 15.6 Å². The lowest BCUT2D eigenvalue weighted by Crippen LogP contribution is -2.50. The number of para-hydroxylation sites is 1. The molecular weight excluding hydrogens is 300 g/mol. The first-order chi connectivity index (χ1) is 11.6. The standard InChI is InChI=1S/C19H30N4O/c1-13(2)17(22-15-8-4-3-5-9-15)12-20-19(24)16-10-6-7-14-11-21-23-18(14)16/h3-5,8-9,13-14,16-18,21-23H,6-7,10-12H2,1-2H3,(H,20,24). The van der Waals surface area contributed by atoms with Crippen molar-refractivity contribution in [3.63, 3.8) is 0 Å². The fourth-order valence-corrected chi connectivity index (χ4v) is 3.88. The van der Waals surface area contributed by atoms with E-state index in [4.69, 9.17) is 0 Å². The van der Waals surface area contributed by atoms with Gasteiger partial charge in [0.1, 0.15) is 0 Å². The molecule has 0 aromatic heterocycles. The molecule has 132 valence electrons. The molecule has 1 amide bonds. The summed E-state index contributed by atoms with van der Waals surface area (Å²) in [5.41, 5.74) is 7.64. The largest absolute Gasteiger partial charge is 0.380 e. The zero-order chi connectivity index (χ0) is 16.9. The second-order valence-electron chi connectivity index (χ2n) is 7.45. The Bertz CT molecular complexity index is 533. The van der Waals surface area contributed by atoms with Crippen molar-refractivity contribution in [2.75, 3.05) is 18.4 Å². The van der Waals surface area contributed by atoms with Gasteiger partial charge < -0.3 is 10.6 Å². The number of hydrazine groups is 1. The molecule has 0 bridgehead atoms. The fraction of sp³-hybridized carbons (Fsp3) is 0.632. The number of hydrogen-bond acceptors (Lipinski definition) is 4. The summed E-state index contributed by atoms with van der Waals surface area (Å²) < 4.78 is 0. The van der Waals surface area contributed by atoms with Crippen LogP contribution in [0.3, 0.4) is 0 Å². The molecule has 2 fully saturated rings. The SMILES string of the molecule is CC(C)C(CNC(=O)C1CCCC2CNNC21)Nc1ccccc1. The highest BCUT2D eigenvalue weighted by molar-refractivity contribution is 5.79. The number of fused-ring (bicyclic) bond motifs is 1. The Morgan fingerprint density at radius 1 is 1.25 bits per heavy atom. The van der Waals surface area contributed by atoms with Gasteiger partial charge in [-0.1, -0.05) is 38.5 Å². The number of carbonyl (C=O) groups is 1.